The van der Waals surface area contributed by atoms with E-state index >= 15 is 0 Å². The molecule has 1 aliphatic rings. The quantitative estimate of drug-likeness (QED) is 0.813. The molecule has 2 rings (SSSR count). The third-order valence-electron chi connectivity index (χ3n) is 3.67. The Morgan fingerprint density at radius 1 is 1.25 bits per heavy atom. The zero-order valence-corrected chi connectivity index (χ0v) is 13.6. The minimum Gasteiger partial charge on any atom is -0.299 e. The fourth-order valence-corrected chi connectivity index (χ4v) is 3.96. The molecule has 1 fully saturated rings. The Morgan fingerprint density at radius 2 is 1.90 bits per heavy atom. The largest absolute Gasteiger partial charge is 0.299 e. The molecule has 20 heavy (non-hydrogen) atoms. The van der Waals surface area contributed by atoms with E-state index in [2.05, 4.69) is 45.9 Å². The van der Waals surface area contributed by atoms with Gasteiger partial charge in [-0.1, -0.05) is 18.2 Å². The zero-order valence-electron chi connectivity index (χ0n) is 12.8. The maximum absolute atomic E-state index is 11.8. The molecule has 0 aliphatic carbocycles. The molecule has 1 saturated heterocycles. The van der Waals surface area contributed by atoms with Gasteiger partial charge in [0, 0.05) is 18.4 Å². The van der Waals surface area contributed by atoms with Gasteiger partial charge < -0.3 is 0 Å². The third-order valence-corrected chi connectivity index (χ3v) is 4.82. The van der Waals surface area contributed by atoms with E-state index in [1.807, 2.05) is 0 Å². The smallest absolute Gasteiger partial charge is 0.143 e. The third kappa shape index (κ3) is 3.51. The zero-order chi connectivity index (χ0) is 14.7. The van der Waals surface area contributed by atoms with Crippen molar-refractivity contribution in [3.05, 3.63) is 34.9 Å². The van der Waals surface area contributed by atoms with E-state index in [0.717, 1.165) is 11.5 Å². The van der Waals surface area contributed by atoms with E-state index in [1.54, 1.807) is 11.8 Å². The number of carbonyl (C=O) groups is 1. The average Bonchev–Trinajstić information content (AvgIpc) is 2.53. The van der Waals surface area contributed by atoms with E-state index in [0.29, 0.717) is 18.0 Å². The van der Waals surface area contributed by atoms with Gasteiger partial charge in [-0.05, 0) is 50.8 Å². The van der Waals surface area contributed by atoms with Crippen LogP contribution < -0.4 is 0 Å². The maximum Gasteiger partial charge on any atom is 0.143 e. The SMILES string of the molecule is Cc1cccc(C)c1C1CCC(=O)CSC1=NC(C)C. The van der Waals surface area contributed by atoms with Crippen molar-refractivity contribution in [1.29, 1.82) is 0 Å². The summed E-state index contributed by atoms with van der Waals surface area (Å²) >= 11 is 1.64. The van der Waals surface area contributed by atoms with Crippen molar-refractivity contribution in [3.63, 3.8) is 0 Å². The lowest BCUT2D eigenvalue weighted by atomic mass is 9.87. The first-order chi connectivity index (χ1) is 9.49. The van der Waals surface area contributed by atoms with Crippen molar-refractivity contribution in [2.45, 2.75) is 52.5 Å². The van der Waals surface area contributed by atoms with E-state index < -0.39 is 0 Å². The highest BCUT2D eigenvalue weighted by Gasteiger charge is 2.27. The number of hydrogen-bond acceptors (Lipinski definition) is 3. The van der Waals surface area contributed by atoms with Gasteiger partial charge in [0.25, 0.3) is 0 Å². The first-order valence-corrected chi connectivity index (χ1v) is 8.26. The lowest BCUT2D eigenvalue weighted by molar-refractivity contribution is -0.116. The monoisotopic (exact) mass is 289 g/mol. The average molecular weight is 289 g/mol. The summed E-state index contributed by atoms with van der Waals surface area (Å²) in [6.45, 7) is 8.52. The van der Waals surface area contributed by atoms with Crippen molar-refractivity contribution in [3.8, 4) is 0 Å². The highest BCUT2D eigenvalue weighted by atomic mass is 32.2. The van der Waals surface area contributed by atoms with Crippen LogP contribution in [-0.2, 0) is 4.79 Å². The number of rotatable bonds is 2. The molecule has 1 aromatic carbocycles. The second-order valence-corrected chi connectivity index (χ2v) is 6.78. The maximum atomic E-state index is 11.8. The predicted octanol–water partition coefficient (Wildman–Crippen LogP) is 4.29. The summed E-state index contributed by atoms with van der Waals surface area (Å²) in [6.07, 6.45) is 1.56. The molecule has 1 atom stereocenters. The number of nitrogens with zero attached hydrogens (tertiary/aromatic N) is 1. The Balaban J connectivity index is 2.46. The normalized spacial score (nSPS) is 22.4. The Kier molecular flexibility index (Phi) is 5.03. The van der Waals surface area contributed by atoms with Gasteiger partial charge in [-0.3, -0.25) is 9.79 Å². The molecule has 108 valence electrons. The van der Waals surface area contributed by atoms with Crippen molar-refractivity contribution < 1.29 is 4.79 Å². The van der Waals surface area contributed by atoms with Crippen LogP contribution in [-0.4, -0.2) is 22.6 Å². The first-order valence-electron chi connectivity index (χ1n) is 7.27. The predicted molar refractivity (Wildman–Crippen MR) is 87.9 cm³/mol. The molecule has 1 aromatic rings. The van der Waals surface area contributed by atoms with Gasteiger partial charge in [0.15, 0.2) is 0 Å². The van der Waals surface area contributed by atoms with Crippen molar-refractivity contribution in [2.75, 3.05) is 5.75 Å². The number of aryl methyl sites for hydroxylation is 2. The lowest BCUT2D eigenvalue weighted by Gasteiger charge is -2.21. The van der Waals surface area contributed by atoms with Crippen LogP contribution in [0.4, 0.5) is 0 Å². The lowest BCUT2D eigenvalue weighted by Crippen LogP contribution is -2.13. The Labute approximate surface area is 126 Å². The fourth-order valence-electron chi connectivity index (χ4n) is 2.78. The van der Waals surface area contributed by atoms with Crippen LogP contribution in [0.1, 0.15) is 49.3 Å². The number of benzene rings is 1. The van der Waals surface area contributed by atoms with Crippen LogP contribution in [0.25, 0.3) is 0 Å². The van der Waals surface area contributed by atoms with Crippen LogP contribution in [0.5, 0.6) is 0 Å². The summed E-state index contributed by atoms with van der Waals surface area (Å²) in [5.74, 6) is 1.21. The molecule has 1 aliphatic heterocycles. The number of aliphatic imine (C=N–C) groups is 1. The molecular formula is C17H23NOS. The van der Waals surface area contributed by atoms with Gasteiger partial charge in [0.2, 0.25) is 0 Å². The summed E-state index contributed by atoms with van der Waals surface area (Å²) in [6, 6.07) is 6.69. The number of ketones is 1. The molecule has 3 heteroatoms. The molecule has 0 amide bonds. The molecule has 0 radical (unpaired) electrons. The van der Waals surface area contributed by atoms with E-state index in [9.17, 15) is 4.79 Å². The van der Waals surface area contributed by atoms with Crippen LogP contribution in [0.15, 0.2) is 23.2 Å². The highest BCUT2D eigenvalue weighted by Crippen LogP contribution is 2.35. The molecule has 1 heterocycles. The topological polar surface area (TPSA) is 29.4 Å². The van der Waals surface area contributed by atoms with E-state index in [4.69, 9.17) is 4.99 Å². The molecule has 2 nitrogen and oxygen atoms in total. The number of hydrogen-bond donors (Lipinski definition) is 0. The van der Waals surface area contributed by atoms with Crippen LogP contribution in [0.3, 0.4) is 0 Å². The number of Topliss-reactive ketones (excluding diaryl/α,β-unsaturated/α-hetero) is 1. The summed E-state index contributed by atoms with van der Waals surface area (Å²) in [5.41, 5.74) is 3.98. The van der Waals surface area contributed by atoms with Crippen LogP contribution in [0.2, 0.25) is 0 Å². The highest BCUT2D eigenvalue weighted by molar-refractivity contribution is 8.14. The Hall–Kier alpha value is -1.09. The van der Waals surface area contributed by atoms with Crippen molar-refractivity contribution in [2.24, 2.45) is 4.99 Å². The Morgan fingerprint density at radius 3 is 2.50 bits per heavy atom. The second-order valence-electron chi connectivity index (χ2n) is 5.79. The summed E-state index contributed by atoms with van der Waals surface area (Å²) in [5, 5.41) is 1.14. The first kappa shape index (κ1) is 15.3. The number of thioether (sulfide) groups is 1. The van der Waals surface area contributed by atoms with Crippen molar-refractivity contribution >= 4 is 22.6 Å². The van der Waals surface area contributed by atoms with Crippen molar-refractivity contribution in [1.82, 2.24) is 0 Å². The fraction of sp³-hybridized carbons (Fsp3) is 0.529. The number of carbonyl (C=O) groups excluding carboxylic acids is 1. The van der Waals surface area contributed by atoms with Gasteiger partial charge in [0.1, 0.15) is 5.78 Å². The molecule has 0 saturated carbocycles. The van der Waals surface area contributed by atoms with Gasteiger partial charge >= 0.3 is 0 Å². The molecule has 0 N–H and O–H groups in total. The van der Waals surface area contributed by atoms with Gasteiger partial charge in [-0.2, -0.15) is 0 Å². The molecule has 0 aromatic heterocycles. The van der Waals surface area contributed by atoms with E-state index in [-0.39, 0.29) is 12.0 Å². The van der Waals surface area contributed by atoms with Crippen LogP contribution >= 0.6 is 11.8 Å². The van der Waals surface area contributed by atoms with Gasteiger partial charge in [0.05, 0.1) is 10.8 Å². The van der Waals surface area contributed by atoms with E-state index in [1.165, 1.54) is 16.7 Å². The molecule has 0 bridgehead atoms. The van der Waals surface area contributed by atoms with Crippen LogP contribution in [0, 0.1) is 13.8 Å². The summed E-state index contributed by atoms with van der Waals surface area (Å²) in [7, 11) is 0. The Bertz CT molecular complexity index is 514. The molecule has 1 unspecified atom stereocenters. The summed E-state index contributed by atoms with van der Waals surface area (Å²) < 4.78 is 0. The molecular weight excluding hydrogens is 266 g/mol. The second kappa shape index (κ2) is 6.57. The molecule has 0 spiro atoms. The van der Waals surface area contributed by atoms with Gasteiger partial charge in [-0.25, -0.2) is 0 Å². The summed E-state index contributed by atoms with van der Waals surface area (Å²) in [4.78, 5) is 16.6. The standard InChI is InChI=1S/C17H23NOS/c1-11(2)18-17-15(9-8-14(19)10-20-17)16-12(3)6-5-7-13(16)4/h5-7,11,15H,8-10H2,1-4H3. The minimum absolute atomic E-state index is 0.275. The minimum atomic E-state index is 0.275. The van der Waals surface area contributed by atoms with Gasteiger partial charge in [-0.15, -0.1) is 11.8 Å².